The Morgan fingerprint density at radius 2 is 2.19 bits per heavy atom. The van der Waals surface area contributed by atoms with Crippen LogP contribution >= 0.6 is 11.6 Å². The van der Waals surface area contributed by atoms with E-state index in [1.165, 1.54) is 0 Å². The van der Waals surface area contributed by atoms with Crippen LogP contribution in [0.2, 0.25) is 5.22 Å². The SMILES string of the molecule is CNCCCc1ncc(-c2ccc(Cl)o2)o1. The molecule has 0 fully saturated rings. The quantitative estimate of drug-likeness (QED) is 0.817. The summed E-state index contributed by atoms with van der Waals surface area (Å²) in [6, 6.07) is 3.44. The van der Waals surface area contributed by atoms with Gasteiger partial charge in [-0.15, -0.1) is 0 Å². The van der Waals surface area contributed by atoms with Gasteiger partial charge in [-0.25, -0.2) is 4.98 Å². The van der Waals surface area contributed by atoms with E-state index in [1.807, 2.05) is 7.05 Å². The molecule has 2 aromatic heterocycles. The van der Waals surface area contributed by atoms with Crippen LogP contribution in [0.3, 0.4) is 0 Å². The fraction of sp³-hybridized carbons (Fsp3) is 0.364. The van der Waals surface area contributed by atoms with Crippen LogP contribution < -0.4 is 5.32 Å². The number of furan rings is 1. The van der Waals surface area contributed by atoms with Gasteiger partial charge in [-0.3, -0.25) is 0 Å². The summed E-state index contributed by atoms with van der Waals surface area (Å²) in [5.41, 5.74) is 0. The van der Waals surface area contributed by atoms with Crippen molar-refractivity contribution in [3.63, 3.8) is 0 Å². The summed E-state index contributed by atoms with van der Waals surface area (Å²) in [6.07, 6.45) is 3.47. The minimum absolute atomic E-state index is 0.350. The van der Waals surface area contributed by atoms with Crippen molar-refractivity contribution in [3.8, 4) is 11.5 Å². The fourth-order valence-electron chi connectivity index (χ4n) is 1.40. The van der Waals surface area contributed by atoms with Crippen molar-refractivity contribution in [2.75, 3.05) is 13.6 Å². The largest absolute Gasteiger partial charge is 0.441 e. The van der Waals surface area contributed by atoms with Crippen LogP contribution in [-0.2, 0) is 6.42 Å². The molecule has 0 saturated heterocycles. The second-order valence-electron chi connectivity index (χ2n) is 3.43. The fourth-order valence-corrected chi connectivity index (χ4v) is 1.55. The summed E-state index contributed by atoms with van der Waals surface area (Å²) in [5, 5.41) is 3.42. The molecule has 0 aliphatic carbocycles. The summed E-state index contributed by atoms with van der Waals surface area (Å²) in [5.74, 6) is 1.95. The van der Waals surface area contributed by atoms with Crippen LogP contribution in [0.25, 0.3) is 11.5 Å². The first-order valence-electron chi connectivity index (χ1n) is 5.14. The smallest absolute Gasteiger partial charge is 0.195 e. The maximum atomic E-state index is 5.68. The Morgan fingerprint density at radius 1 is 1.31 bits per heavy atom. The van der Waals surface area contributed by atoms with Crippen LogP contribution in [0, 0.1) is 0 Å². The zero-order valence-electron chi connectivity index (χ0n) is 9.00. The molecule has 0 bridgehead atoms. The lowest BCUT2D eigenvalue weighted by molar-refractivity contribution is 0.475. The number of oxazole rings is 1. The van der Waals surface area contributed by atoms with Gasteiger partial charge in [-0.05, 0) is 43.7 Å². The van der Waals surface area contributed by atoms with Gasteiger partial charge >= 0.3 is 0 Å². The highest BCUT2D eigenvalue weighted by atomic mass is 35.5. The van der Waals surface area contributed by atoms with Crippen molar-refractivity contribution in [1.82, 2.24) is 10.3 Å². The topological polar surface area (TPSA) is 51.2 Å². The Balaban J connectivity index is 2.02. The Bertz CT molecular complexity index is 450. The highest BCUT2D eigenvalue weighted by Crippen LogP contribution is 2.25. The molecule has 5 heteroatoms. The molecule has 0 amide bonds. The van der Waals surface area contributed by atoms with Gasteiger partial charge in [0.2, 0.25) is 0 Å². The molecule has 2 aromatic rings. The van der Waals surface area contributed by atoms with Crippen molar-refractivity contribution in [2.45, 2.75) is 12.8 Å². The molecule has 1 N–H and O–H groups in total. The molecule has 0 radical (unpaired) electrons. The summed E-state index contributed by atoms with van der Waals surface area (Å²) in [4.78, 5) is 4.18. The molecule has 4 nitrogen and oxygen atoms in total. The standard InChI is InChI=1S/C11H13ClN2O2/c1-13-6-2-3-11-14-7-9(16-11)8-4-5-10(12)15-8/h4-5,7,13H,2-3,6H2,1H3. The van der Waals surface area contributed by atoms with Crippen molar-refractivity contribution in [1.29, 1.82) is 0 Å². The van der Waals surface area contributed by atoms with Gasteiger partial charge in [-0.1, -0.05) is 0 Å². The molecule has 0 atom stereocenters. The van der Waals surface area contributed by atoms with Crippen LogP contribution in [0.4, 0.5) is 0 Å². The van der Waals surface area contributed by atoms with E-state index in [2.05, 4.69) is 10.3 Å². The first-order chi connectivity index (χ1) is 7.79. The summed E-state index contributed by atoms with van der Waals surface area (Å²) in [6.45, 7) is 0.949. The number of aromatic nitrogens is 1. The molecule has 86 valence electrons. The number of halogens is 1. The van der Waals surface area contributed by atoms with E-state index in [4.69, 9.17) is 20.4 Å². The summed E-state index contributed by atoms with van der Waals surface area (Å²) in [7, 11) is 1.92. The van der Waals surface area contributed by atoms with E-state index in [0.717, 1.165) is 25.3 Å². The van der Waals surface area contributed by atoms with Gasteiger partial charge in [0.1, 0.15) is 0 Å². The second-order valence-corrected chi connectivity index (χ2v) is 3.80. The summed E-state index contributed by atoms with van der Waals surface area (Å²) < 4.78 is 10.8. The first-order valence-corrected chi connectivity index (χ1v) is 5.52. The lowest BCUT2D eigenvalue weighted by atomic mass is 10.3. The Kier molecular flexibility index (Phi) is 3.64. The molecule has 2 rings (SSSR count). The molecule has 0 aliphatic rings. The first kappa shape index (κ1) is 11.2. The molecule has 0 aliphatic heterocycles. The number of aryl methyl sites for hydroxylation is 1. The van der Waals surface area contributed by atoms with E-state index in [-0.39, 0.29) is 0 Å². The van der Waals surface area contributed by atoms with E-state index < -0.39 is 0 Å². The van der Waals surface area contributed by atoms with Gasteiger partial charge in [0.05, 0.1) is 6.20 Å². The minimum atomic E-state index is 0.350. The average molecular weight is 241 g/mol. The Morgan fingerprint density at radius 3 is 2.88 bits per heavy atom. The third kappa shape index (κ3) is 2.65. The van der Waals surface area contributed by atoms with Crippen LogP contribution in [0.15, 0.2) is 27.2 Å². The molecule has 0 unspecified atom stereocenters. The Labute approximate surface area is 98.6 Å². The normalized spacial score (nSPS) is 10.9. The number of hydrogen-bond acceptors (Lipinski definition) is 4. The van der Waals surface area contributed by atoms with Crippen LogP contribution in [0.1, 0.15) is 12.3 Å². The lowest BCUT2D eigenvalue weighted by Crippen LogP contribution is -2.08. The Hall–Kier alpha value is -1.26. The minimum Gasteiger partial charge on any atom is -0.441 e. The predicted octanol–water partition coefficient (Wildman–Crippen LogP) is 2.74. The highest BCUT2D eigenvalue weighted by Gasteiger charge is 2.09. The van der Waals surface area contributed by atoms with Gasteiger partial charge in [0.15, 0.2) is 22.6 Å². The van der Waals surface area contributed by atoms with E-state index >= 15 is 0 Å². The second kappa shape index (κ2) is 5.18. The van der Waals surface area contributed by atoms with E-state index in [0.29, 0.717) is 16.7 Å². The van der Waals surface area contributed by atoms with Crippen molar-refractivity contribution in [3.05, 3.63) is 29.4 Å². The van der Waals surface area contributed by atoms with E-state index in [1.54, 1.807) is 18.3 Å². The molecular weight excluding hydrogens is 228 g/mol. The predicted molar refractivity (Wildman–Crippen MR) is 61.5 cm³/mol. The highest BCUT2D eigenvalue weighted by molar-refractivity contribution is 6.28. The summed E-state index contributed by atoms with van der Waals surface area (Å²) >= 11 is 5.68. The molecule has 0 aromatic carbocycles. The number of rotatable bonds is 5. The zero-order chi connectivity index (χ0) is 11.4. The number of nitrogens with zero attached hydrogens (tertiary/aromatic N) is 1. The van der Waals surface area contributed by atoms with Gasteiger partial charge < -0.3 is 14.2 Å². The molecule has 0 saturated carbocycles. The van der Waals surface area contributed by atoms with Crippen LogP contribution in [-0.4, -0.2) is 18.6 Å². The maximum absolute atomic E-state index is 5.68. The van der Waals surface area contributed by atoms with Crippen molar-refractivity contribution < 1.29 is 8.83 Å². The van der Waals surface area contributed by atoms with E-state index in [9.17, 15) is 0 Å². The molecule has 16 heavy (non-hydrogen) atoms. The lowest BCUT2D eigenvalue weighted by Gasteiger charge is -1.95. The van der Waals surface area contributed by atoms with Gasteiger partial charge in [-0.2, -0.15) is 0 Å². The van der Waals surface area contributed by atoms with Crippen molar-refractivity contribution >= 4 is 11.6 Å². The monoisotopic (exact) mass is 240 g/mol. The van der Waals surface area contributed by atoms with Crippen LogP contribution in [0.5, 0.6) is 0 Å². The number of hydrogen-bond donors (Lipinski definition) is 1. The number of nitrogens with one attached hydrogen (secondary N) is 1. The van der Waals surface area contributed by atoms with Crippen molar-refractivity contribution in [2.24, 2.45) is 0 Å². The average Bonchev–Trinajstić information content (AvgIpc) is 2.87. The van der Waals surface area contributed by atoms with Gasteiger partial charge in [0.25, 0.3) is 0 Å². The molecule has 0 spiro atoms. The molecular formula is C11H13ClN2O2. The molecule has 2 heterocycles. The maximum Gasteiger partial charge on any atom is 0.195 e. The third-order valence-corrected chi connectivity index (χ3v) is 2.39. The third-order valence-electron chi connectivity index (χ3n) is 2.19. The zero-order valence-corrected chi connectivity index (χ0v) is 9.75. The van der Waals surface area contributed by atoms with Gasteiger partial charge in [0, 0.05) is 6.42 Å².